The van der Waals surface area contributed by atoms with Crippen LogP contribution in [-0.4, -0.2) is 10.8 Å². The van der Waals surface area contributed by atoms with Crippen LogP contribution in [0.2, 0.25) is 0 Å². The summed E-state index contributed by atoms with van der Waals surface area (Å²) >= 11 is 0. The molecule has 0 N–H and O–H groups in total. The van der Waals surface area contributed by atoms with Crippen molar-refractivity contribution in [2.75, 3.05) is 0 Å². The number of hydrogen-bond acceptors (Lipinski definition) is 2. The third-order valence-electron chi connectivity index (χ3n) is 3.80. The zero-order chi connectivity index (χ0) is 13.1. The molecule has 2 heteroatoms. The molecule has 0 fully saturated rings. The predicted molar refractivity (Wildman–Crippen MR) is 75.1 cm³/mol. The molecule has 0 radical (unpaired) electrons. The Morgan fingerprint density at radius 3 is 2.84 bits per heavy atom. The van der Waals surface area contributed by atoms with Gasteiger partial charge in [-0.1, -0.05) is 36.4 Å². The van der Waals surface area contributed by atoms with E-state index < -0.39 is 0 Å². The molecule has 1 heterocycles. The summed E-state index contributed by atoms with van der Waals surface area (Å²) in [6.45, 7) is 0. The second kappa shape index (κ2) is 5.35. The van der Waals surface area contributed by atoms with Gasteiger partial charge in [0.25, 0.3) is 0 Å². The molecule has 1 aromatic carbocycles. The molecule has 0 spiro atoms. The van der Waals surface area contributed by atoms with Crippen LogP contribution in [0.5, 0.6) is 0 Å². The van der Waals surface area contributed by atoms with Crippen LogP contribution >= 0.6 is 0 Å². The SMILES string of the molecule is O=C(Cc1ccccc1)C1CCCc2cccnc21. The van der Waals surface area contributed by atoms with E-state index in [1.54, 1.807) is 6.20 Å². The number of aryl methyl sites for hydroxylation is 1. The maximum absolute atomic E-state index is 12.5. The first-order chi connectivity index (χ1) is 9.34. The zero-order valence-corrected chi connectivity index (χ0v) is 10.9. The van der Waals surface area contributed by atoms with E-state index in [4.69, 9.17) is 0 Å². The van der Waals surface area contributed by atoms with Crippen LogP contribution in [0.25, 0.3) is 0 Å². The lowest BCUT2D eigenvalue weighted by atomic mass is 9.82. The molecule has 96 valence electrons. The van der Waals surface area contributed by atoms with E-state index in [2.05, 4.69) is 11.1 Å². The van der Waals surface area contributed by atoms with E-state index >= 15 is 0 Å². The number of aromatic nitrogens is 1. The highest BCUT2D eigenvalue weighted by Crippen LogP contribution is 2.31. The Labute approximate surface area is 113 Å². The molecule has 1 aromatic heterocycles. The van der Waals surface area contributed by atoms with Crippen molar-refractivity contribution in [3.8, 4) is 0 Å². The standard InChI is InChI=1S/C17H17NO/c19-16(12-13-6-2-1-3-7-13)15-10-4-8-14-9-5-11-18-17(14)15/h1-3,5-7,9,11,15H,4,8,10,12H2. The molecular formula is C17H17NO. The Morgan fingerprint density at radius 2 is 2.00 bits per heavy atom. The van der Waals surface area contributed by atoms with E-state index in [1.807, 2.05) is 36.4 Å². The van der Waals surface area contributed by atoms with Crippen molar-refractivity contribution >= 4 is 5.78 Å². The van der Waals surface area contributed by atoms with Crippen LogP contribution in [0.15, 0.2) is 48.7 Å². The number of Topliss-reactive ketones (excluding diaryl/α,β-unsaturated/α-hetero) is 1. The molecule has 0 saturated carbocycles. The Morgan fingerprint density at radius 1 is 1.16 bits per heavy atom. The van der Waals surface area contributed by atoms with Gasteiger partial charge in [-0.15, -0.1) is 0 Å². The second-order valence-corrected chi connectivity index (χ2v) is 5.12. The highest BCUT2D eigenvalue weighted by Gasteiger charge is 2.27. The monoisotopic (exact) mass is 251 g/mol. The lowest BCUT2D eigenvalue weighted by Gasteiger charge is -2.23. The molecule has 0 amide bonds. The number of nitrogens with zero attached hydrogens (tertiary/aromatic N) is 1. The molecule has 2 nitrogen and oxygen atoms in total. The van der Waals surface area contributed by atoms with Crippen LogP contribution in [0.3, 0.4) is 0 Å². The number of carbonyl (C=O) groups excluding carboxylic acids is 1. The van der Waals surface area contributed by atoms with Crippen molar-refractivity contribution in [2.24, 2.45) is 0 Å². The van der Waals surface area contributed by atoms with Crippen molar-refractivity contribution in [2.45, 2.75) is 31.6 Å². The van der Waals surface area contributed by atoms with Crippen molar-refractivity contribution in [1.29, 1.82) is 0 Å². The van der Waals surface area contributed by atoms with Gasteiger partial charge in [0.2, 0.25) is 0 Å². The number of fused-ring (bicyclic) bond motifs is 1. The van der Waals surface area contributed by atoms with Gasteiger partial charge in [0.15, 0.2) is 0 Å². The molecule has 3 rings (SSSR count). The molecule has 1 unspecified atom stereocenters. The van der Waals surface area contributed by atoms with E-state index in [9.17, 15) is 4.79 Å². The fraction of sp³-hybridized carbons (Fsp3) is 0.294. The molecule has 0 bridgehead atoms. The zero-order valence-electron chi connectivity index (χ0n) is 10.9. The summed E-state index contributed by atoms with van der Waals surface area (Å²) < 4.78 is 0. The van der Waals surface area contributed by atoms with Crippen molar-refractivity contribution < 1.29 is 4.79 Å². The van der Waals surface area contributed by atoms with Gasteiger partial charge in [0.1, 0.15) is 5.78 Å². The molecule has 1 atom stereocenters. The van der Waals surface area contributed by atoms with Crippen molar-refractivity contribution in [1.82, 2.24) is 4.98 Å². The average molecular weight is 251 g/mol. The summed E-state index contributed by atoms with van der Waals surface area (Å²) in [7, 11) is 0. The van der Waals surface area contributed by atoms with E-state index in [0.29, 0.717) is 12.2 Å². The third-order valence-corrected chi connectivity index (χ3v) is 3.80. The molecule has 1 aliphatic carbocycles. The highest BCUT2D eigenvalue weighted by atomic mass is 16.1. The quantitative estimate of drug-likeness (QED) is 0.837. The van der Waals surface area contributed by atoms with E-state index in [0.717, 1.165) is 30.5 Å². The van der Waals surface area contributed by atoms with E-state index in [1.165, 1.54) is 5.56 Å². The first kappa shape index (κ1) is 12.1. The van der Waals surface area contributed by atoms with Crippen molar-refractivity contribution in [3.63, 3.8) is 0 Å². The number of benzene rings is 1. The summed E-state index contributed by atoms with van der Waals surface area (Å²) in [5.41, 5.74) is 3.35. The maximum atomic E-state index is 12.5. The number of hydrogen-bond donors (Lipinski definition) is 0. The lowest BCUT2D eigenvalue weighted by molar-refractivity contribution is -0.120. The fourth-order valence-corrected chi connectivity index (χ4v) is 2.84. The van der Waals surface area contributed by atoms with Gasteiger partial charge in [0, 0.05) is 12.6 Å². The van der Waals surface area contributed by atoms with Crippen LogP contribution < -0.4 is 0 Å². The Bertz CT molecular complexity index is 577. The molecule has 0 aliphatic heterocycles. The molecule has 2 aromatic rings. The lowest BCUT2D eigenvalue weighted by Crippen LogP contribution is -2.21. The van der Waals surface area contributed by atoms with Crippen LogP contribution in [-0.2, 0) is 17.6 Å². The summed E-state index contributed by atoms with van der Waals surface area (Å²) in [4.78, 5) is 16.9. The first-order valence-electron chi connectivity index (χ1n) is 6.85. The maximum Gasteiger partial charge on any atom is 0.146 e. The smallest absolute Gasteiger partial charge is 0.146 e. The Balaban J connectivity index is 1.82. The van der Waals surface area contributed by atoms with Gasteiger partial charge in [-0.3, -0.25) is 9.78 Å². The number of carbonyl (C=O) groups is 1. The minimum absolute atomic E-state index is 0.00911. The van der Waals surface area contributed by atoms with Gasteiger partial charge in [-0.05, 0) is 36.5 Å². The number of ketones is 1. The second-order valence-electron chi connectivity index (χ2n) is 5.12. The number of rotatable bonds is 3. The molecular weight excluding hydrogens is 234 g/mol. The van der Waals surface area contributed by atoms with Gasteiger partial charge in [-0.2, -0.15) is 0 Å². The topological polar surface area (TPSA) is 30.0 Å². The van der Waals surface area contributed by atoms with Crippen LogP contribution in [0.4, 0.5) is 0 Å². The Kier molecular flexibility index (Phi) is 3.41. The van der Waals surface area contributed by atoms with Crippen LogP contribution in [0.1, 0.15) is 35.6 Å². The van der Waals surface area contributed by atoms with Gasteiger partial charge < -0.3 is 0 Å². The van der Waals surface area contributed by atoms with E-state index in [-0.39, 0.29) is 5.92 Å². The van der Waals surface area contributed by atoms with Gasteiger partial charge in [-0.25, -0.2) is 0 Å². The molecule has 0 saturated heterocycles. The third kappa shape index (κ3) is 2.58. The first-order valence-corrected chi connectivity index (χ1v) is 6.85. The van der Waals surface area contributed by atoms with Crippen LogP contribution in [0, 0.1) is 0 Å². The highest BCUT2D eigenvalue weighted by molar-refractivity contribution is 5.87. The van der Waals surface area contributed by atoms with Gasteiger partial charge in [0.05, 0.1) is 11.6 Å². The predicted octanol–water partition coefficient (Wildman–Crippen LogP) is 3.31. The summed E-state index contributed by atoms with van der Waals surface area (Å²) in [6.07, 6.45) is 5.40. The summed E-state index contributed by atoms with van der Waals surface area (Å²) in [6, 6.07) is 14.0. The normalized spacial score (nSPS) is 17.8. The molecule has 19 heavy (non-hydrogen) atoms. The summed E-state index contributed by atoms with van der Waals surface area (Å²) in [5, 5.41) is 0. The average Bonchev–Trinajstić information content (AvgIpc) is 2.47. The van der Waals surface area contributed by atoms with Crippen molar-refractivity contribution in [3.05, 3.63) is 65.5 Å². The largest absolute Gasteiger partial charge is 0.299 e. The van der Waals surface area contributed by atoms with Gasteiger partial charge >= 0.3 is 0 Å². The minimum Gasteiger partial charge on any atom is -0.299 e. The fourth-order valence-electron chi connectivity index (χ4n) is 2.84. The molecule has 1 aliphatic rings. The number of pyridine rings is 1. The Hall–Kier alpha value is -1.96. The summed E-state index contributed by atoms with van der Waals surface area (Å²) in [5.74, 6) is 0.288. The minimum atomic E-state index is -0.00911.